The highest BCUT2D eigenvalue weighted by Gasteiger charge is 2.36. The van der Waals surface area contributed by atoms with Crippen molar-refractivity contribution in [3.05, 3.63) is 58.1 Å². The van der Waals surface area contributed by atoms with Gasteiger partial charge in [0.2, 0.25) is 0 Å². The second kappa shape index (κ2) is 12.2. The summed E-state index contributed by atoms with van der Waals surface area (Å²) in [4.78, 5) is 16.6. The lowest BCUT2D eigenvalue weighted by molar-refractivity contribution is -0.687. The Morgan fingerprint density at radius 1 is 1.07 bits per heavy atom. The average Bonchev–Trinajstić information content (AvgIpc) is 2.77. The molecule has 9 heteroatoms. The molecule has 1 aliphatic heterocycles. The second-order valence-corrected chi connectivity index (χ2v) is 9.71. The number of quaternary nitrogens is 1. The van der Waals surface area contributed by atoms with Gasteiger partial charge in [0.15, 0.2) is 0 Å². The molecule has 1 heterocycles. The fourth-order valence-electron chi connectivity index (χ4n) is 3.58. The van der Waals surface area contributed by atoms with Crippen LogP contribution in [0, 0.1) is 0 Å². The van der Waals surface area contributed by atoms with Crippen molar-refractivity contribution in [2.75, 3.05) is 17.9 Å². The molecule has 0 saturated carbocycles. The quantitative estimate of drug-likeness (QED) is 0.556. The first-order valence-corrected chi connectivity index (χ1v) is 11.8. The van der Waals surface area contributed by atoms with Gasteiger partial charge < -0.3 is 17.7 Å². The largest absolute Gasteiger partial charge is 1.00 e. The van der Waals surface area contributed by atoms with E-state index in [0.29, 0.717) is 4.90 Å². The number of rotatable bonds is 6. The molecule has 2 N–H and O–H groups in total. The summed E-state index contributed by atoms with van der Waals surface area (Å²) in [5.74, 6) is 0. The highest BCUT2D eigenvalue weighted by Crippen LogP contribution is 2.39. The van der Waals surface area contributed by atoms with Crippen molar-refractivity contribution >= 4 is 37.8 Å². The molecule has 1 atom stereocenters. The van der Waals surface area contributed by atoms with Crippen molar-refractivity contribution in [1.82, 2.24) is 0 Å². The summed E-state index contributed by atoms with van der Waals surface area (Å²) in [6.45, 7) is 3.19. The van der Waals surface area contributed by atoms with Crippen molar-refractivity contribution in [3.63, 3.8) is 0 Å². The van der Waals surface area contributed by atoms with Gasteiger partial charge >= 0.3 is 6.15 Å². The topological polar surface area (TPSA) is 88.1 Å². The van der Waals surface area contributed by atoms with Crippen molar-refractivity contribution in [3.8, 4) is 0 Å². The SMILES string of the molecule is CCCCCC[NH2+]C1c2ccccc2N(C)S(=O)(=O)c2cc(Br)ccc21.O=C=O.[Cl-]. The highest BCUT2D eigenvalue weighted by atomic mass is 79.9. The van der Waals surface area contributed by atoms with E-state index >= 15 is 0 Å². The number of nitrogens with two attached hydrogens (primary N) is 1. The molecule has 2 aromatic rings. The average molecular weight is 518 g/mol. The molecule has 0 amide bonds. The Morgan fingerprint density at radius 3 is 2.40 bits per heavy atom. The lowest BCUT2D eigenvalue weighted by Gasteiger charge is -2.20. The van der Waals surface area contributed by atoms with Crippen molar-refractivity contribution < 1.29 is 35.7 Å². The molecule has 0 aliphatic carbocycles. The first-order valence-electron chi connectivity index (χ1n) is 9.58. The van der Waals surface area contributed by atoms with Gasteiger partial charge in [-0.1, -0.05) is 60.0 Å². The molecular weight excluding hydrogens is 492 g/mol. The zero-order valence-corrected chi connectivity index (χ0v) is 20.1. The van der Waals surface area contributed by atoms with Crippen LogP contribution in [-0.4, -0.2) is 28.2 Å². The van der Waals surface area contributed by atoms with Crippen LogP contribution >= 0.6 is 15.9 Å². The molecule has 0 bridgehead atoms. The predicted octanol–water partition coefficient (Wildman–Crippen LogP) is 0.241. The third-order valence-corrected chi connectivity index (χ3v) is 7.34. The van der Waals surface area contributed by atoms with Crippen LogP contribution in [0.3, 0.4) is 0 Å². The minimum absolute atomic E-state index is 0. The number of hydrogen-bond acceptors (Lipinski definition) is 4. The fourth-order valence-corrected chi connectivity index (χ4v) is 5.58. The van der Waals surface area contributed by atoms with E-state index in [2.05, 4.69) is 28.2 Å². The summed E-state index contributed by atoms with van der Waals surface area (Å²) in [6.07, 6.45) is 5.07. The fraction of sp³-hybridized carbons (Fsp3) is 0.381. The number of nitrogens with zero attached hydrogens (tertiary/aromatic N) is 1. The monoisotopic (exact) mass is 516 g/mol. The molecule has 0 aromatic heterocycles. The normalized spacial score (nSPS) is 16.0. The van der Waals surface area contributed by atoms with Gasteiger partial charge in [-0.25, -0.2) is 8.42 Å². The molecule has 1 aliphatic rings. The summed E-state index contributed by atoms with van der Waals surface area (Å²) >= 11 is 3.43. The third-order valence-electron chi connectivity index (χ3n) is 5.02. The van der Waals surface area contributed by atoms with Crippen molar-refractivity contribution in [2.45, 2.75) is 43.5 Å². The maximum atomic E-state index is 13.2. The number of benzene rings is 2. The Hall–Kier alpha value is -1.70. The van der Waals surface area contributed by atoms with Crippen LogP contribution in [0.2, 0.25) is 0 Å². The number of fused-ring (bicyclic) bond motifs is 2. The number of halogens is 2. The van der Waals surface area contributed by atoms with E-state index < -0.39 is 10.0 Å². The highest BCUT2D eigenvalue weighted by molar-refractivity contribution is 9.10. The molecule has 6 nitrogen and oxygen atoms in total. The summed E-state index contributed by atoms with van der Waals surface area (Å²) < 4.78 is 28.6. The summed E-state index contributed by atoms with van der Waals surface area (Å²) in [5.41, 5.74) is 2.67. The summed E-state index contributed by atoms with van der Waals surface area (Å²) in [5, 5.41) is 2.29. The smallest absolute Gasteiger partial charge is 0.373 e. The minimum Gasteiger partial charge on any atom is -1.00 e. The van der Waals surface area contributed by atoms with Crippen LogP contribution in [0.25, 0.3) is 0 Å². The minimum atomic E-state index is -3.58. The van der Waals surface area contributed by atoms with Crippen molar-refractivity contribution in [1.29, 1.82) is 0 Å². The van der Waals surface area contributed by atoms with E-state index in [1.54, 1.807) is 13.1 Å². The van der Waals surface area contributed by atoms with Gasteiger partial charge in [0.05, 0.1) is 17.1 Å². The number of para-hydroxylation sites is 1. The number of sulfonamides is 1. The first-order chi connectivity index (χ1) is 13.9. The molecule has 1 unspecified atom stereocenters. The van der Waals surface area contributed by atoms with Gasteiger partial charge in [-0.2, -0.15) is 9.59 Å². The molecule has 30 heavy (non-hydrogen) atoms. The van der Waals surface area contributed by atoms with Crippen molar-refractivity contribution in [2.24, 2.45) is 0 Å². The van der Waals surface area contributed by atoms with Gasteiger partial charge in [0.1, 0.15) is 6.04 Å². The van der Waals surface area contributed by atoms with Crippen LogP contribution in [0.4, 0.5) is 5.69 Å². The van der Waals surface area contributed by atoms with Crippen LogP contribution in [0.15, 0.2) is 51.8 Å². The van der Waals surface area contributed by atoms with Crippen LogP contribution < -0.4 is 22.0 Å². The lowest BCUT2D eigenvalue weighted by atomic mass is 9.96. The molecular formula is C21H26BrClN2O4S. The van der Waals surface area contributed by atoms with Crippen LogP contribution in [0.5, 0.6) is 0 Å². The zero-order chi connectivity index (χ0) is 21.4. The summed E-state index contributed by atoms with van der Waals surface area (Å²) in [7, 11) is -1.94. The van der Waals surface area contributed by atoms with E-state index in [4.69, 9.17) is 9.59 Å². The Bertz CT molecular complexity index is 979. The summed E-state index contributed by atoms with van der Waals surface area (Å²) in [6, 6.07) is 13.4. The number of anilines is 1. The first kappa shape index (κ1) is 26.3. The van der Waals surface area contributed by atoms with Gasteiger partial charge in [0, 0.05) is 22.6 Å². The standard InChI is InChI=1S/C20H25BrN2O2S.CO2.ClH/c1-3-4-5-8-13-22-20-16-9-6-7-10-18(16)23(2)26(24,25)19-14-15(21)11-12-17(19)20;2-1-3;/h6-7,9-12,14,20,22H,3-5,8,13H2,1-2H3;;1H. The van der Waals surface area contributed by atoms with Gasteiger partial charge in [0.25, 0.3) is 10.0 Å². The van der Waals surface area contributed by atoms with E-state index in [1.165, 1.54) is 23.6 Å². The second-order valence-electron chi connectivity index (χ2n) is 6.86. The number of hydrogen-bond donors (Lipinski definition) is 1. The van der Waals surface area contributed by atoms with E-state index in [0.717, 1.165) is 34.3 Å². The lowest BCUT2D eigenvalue weighted by Crippen LogP contribution is -3.00. The molecule has 0 spiro atoms. The maximum absolute atomic E-state index is 13.2. The van der Waals surface area contributed by atoms with Crippen LogP contribution in [0.1, 0.15) is 49.8 Å². The zero-order valence-electron chi connectivity index (χ0n) is 17.0. The molecule has 2 aromatic carbocycles. The van der Waals surface area contributed by atoms with Gasteiger partial charge in [-0.3, -0.25) is 4.31 Å². The molecule has 0 saturated heterocycles. The Kier molecular flexibility index (Phi) is 10.7. The van der Waals surface area contributed by atoms with E-state index in [9.17, 15) is 8.42 Å². The van der Waals surface area contributed by atoms with Gasteiger partial charge in [-0.15, -0.1) is 0 Å². The number of unbranched alkanes of at least 4 members (excludes halogenated alkanes) is 3. The predicted molar refractivity (Wildman–Crippen MR) is 114 cm³/mol. The van der Waals surface area contributed by atoms with E-state index in [-0.39, 0.29) is 24.6 Å². The van der Waals surface area contributed by atoms with Gasteiger partial charge in [-0.05, 0) is 31.0 Å². The van der Waals surface area contributed by atoms with E-state index in [1.807, 2.05) is 36.4 Å². The van der Waals surface area contributed by atoms with Crippen LogP contribution in [-0.2, 0) is 19.6 Å². The number of carbonyl (C=O) groups excluding carboxylic acids is 2. The molecule has 164 valence electrons. The molecule has 0 radical (unpaired) electrons. The molecule has 3 rings (SSSR count). The Labute approximate surface area is 192 Å². The Morgan fingerprint density at radius 2 is 1.73 bits per heavy atom. The molecule has 0 fully saturated rings. The third kappa shape index (κ3) is 5.93. The maximum Gasteiger partial charge on any atom is 0.373 e. The Balaban J connectivity index is 0.00000106.